The van der Waals surface area contributed by atoms with Gasteiger partial charge in [-0.2, -0.15) is 0 Å². The molecule has 1 rings (SSSR count). The Hall–Kier alpha value is -1.57. The van der Waals surface area contributed by atoms with E-state index in [1.165, 1.54) is 6.92 Å². The van der Waals surface area contributed by atoms with E-state index in [0.717, 1.165) is 10.0 Å². The number of carbonyl (C=O) groups is 3. The van der Waals surface area contributed by atoms with Crippen LogP contribution in [0.15, 0.2) is 28.7 Å². The van der Waals surface area contributed by atoms with Crippen LogP contribution in [0.2, 0.25) is 0 Å². The number of hydrogen-bond acceptors (Lipinski definition) is 6. The van der Waals surface area contributed by atoms with E-state index in [-0.39, 0.29) is 43.9 Å². The molecule has 28 heavy (non-hydrogen) atoms. The molecule has 0 aromatic heterocycles. The predicted octanol–water partition coefficient (Wildman–Crippen LogP) is 3.93. The van der Waals surface area contributed by atoms with Crippen molar-refractivity contribution < 1.29 is 29.0 Å². The molecular weight excluding hydrogens is 428 g/mol. The summed E-state index contributed by atoms with van der Waals surface area (Å²) >= 11 is 3.36. The Morgan fingerprint density at radius 1 is 1.11 bits per heavy atom. The smallest absolute Gasteiger partial charge is 0.308 e. The summed E-state index contributed by atoms with van der Waals surface area (Å²) in [5.41, 5.74) is 0.207. The van der Waals surface area contributed by atoms with Crippen LogP contribution in [0.4, 0.5) is 0 Å². The highest BCUT2D eigenvalue weighted by atomic mass is 79.9. The first-order valence-electron chi connectivity index (χ1n) is 9.24. The molecule has 0 amide bonds. The van der Waals surface area contributed by atoms with Crippen LogP contribution in [0.3, 0.4) is 0 Å². The topological polar surface area (TPSA) is 89.9 Å². The standard InChI is InChI=1S/C21H29BrO6/c1-14(23)11-18(25)12-19(15-5-7-16(22)8-6-15)27-10-9-17(24)13-20(26)28-21(2,3)4/h5-8,17,19,24H,9-13H2,1-4H3/t17-,19+/m1/s1. The van der Waals surface area contributed by atoms with E-state index in [4.69, 9.17) is 9.47 Å². The number of benzene rings is 1. The van der Waals surface area contributed by atoms with Crippen molar-refractivity contribution in [2.75, 3.05) is 6.61 Å². The molecule has 0 aliphatic rings. The minimum Gasteiger partial charge on any atom is -0.460 e. The van der Waals surface area contributed by atoms with E-state index in [1.54, 1.807) is 20.8 Å². The van der Waals surface area contributed by atoms with Gasteiger partial charge in [0.25, 0.3) is 0 Å². The third-order valence-corrected chi connectivity index (χ3v) is 4.22. The van der Waals surface area contributed by atoms with Crippen LogP contribution in [0.1, 0.15) is 65.0 Å². The summed E-state index contributed by atoms with van der Waals surface area (Å²) < 4.78 is 11.9. The van der Waals surface area contributed by atoms with Gasteiger partial charge in [0.2, 0.25) is 0 Å². The van der Waals surface area contributed by atoms with Gasteiger partial charge in [-0.3, -0.25) is 14.4 Å². The number of halogens is 1. The molecular formula is C21H29BrO6. The fraction of sp³-hybridized carbons (Fsp3) is 0.571. The molecule has 2 atom stereocenters. The molecule has 0 aliphatic carbocycles. The van der Waals surface area contributed by atoms with Gasteiger partial charge in [0.1, 0.15) is 17.2 Å². The van der Waals surface area contributed by atoms with Gasteiger partial charge in [-0.25, -0.2) is 0 Å². The maximum Gasteiger partial charge on any atom is 0.308 e. The van der Waals surface area contributed by atoms with Crippen molar-refractivity contribution in [1.82, 2.24) is 0 Å². The first kappa shape index (κ1) is 24.5. The second-order valence-corrected chi connectivity index (χ2v) is 8.68. The summed E-state index contributed by atoms with van der Waals surface area (Å²) in [6, 6.07) is 7.37. The third-order valence-electron chi connectivity index (χ3n) is 3.69. The molecule has 0 fully saturated rings. The second-order valence-electron chi connectivity index (χ2n) is 7.77. The Labute approximate surface area is 174 Å². The zero-order valence-corrected chi connectivity index (χ0v) is 18.5. The maximum atomic E-state index is 12.1. The van der Waals surface area contributed by atoms with Crippen molar-refractivity contribution in [3.8, 4) is 0 Å². The van der Waals surface area contributed by atoms with Crippen molar-refractivity contribution >= 4 is 33.5 Å². The molecule has 1 N–H and O–H groups in total. The molecule has 0 bridgehead atoms. The quantitative estimate of drug-likeness (QED) is 0.400. The highest BCUT2D eigenvalue weighted by Gasteiger charge is 2.21. The molecule has 7 heteroatoms. The van der Waals surface area contributed by atoms with Gasteiger partial charge in [0, 0.05) is 17.5 Å². The van der Waals surface area contributed by atoms with E-state index in [9.17, 15) is 19.5 Å². The van der Waals surface area contributed by atoms with E-state index in [2.05, 4.69) is 15.9 Å². The van der Waals surface area contributed by atoms with E-state index < -0.39 is 23.8 Å². The van der Waals surface area contributed by atoms with Crippen LogP contribution in [-0.2, 0) is 23.9 Å². The third kappa shape index (κ3) is 10.7. The van der Waals surface area contributed by atoms with Crippen LogP contribution < -0.4 is 0 Å². The summed E-state index contributed by atoms with van der Waals surface area (Å²) in [7, 11) is 0. The lowest BCUT2D eigenvalue weighted by Crippen LogP contribution is -2.27. The number of aliphatic hydroxyl groups is 1. The number of rotatable bonds is 11. The minimum absolute atomic E-state index is 0.0728. The largest absolute Gasteiger partial charge is 0.460 e. The number of hydrogen-bond donors (Lipinski definition) is 1. The van der Waals surface area contributed by atoms with Crippen LogP contribution in [0.25, 0.3) is 0 Å². The summed E-state index contributed by atoms with van der Waals surface area (Å²) in [6.07, 6.45) is -1.36. The average molecular weight is 457 g/mol. The average Bonchev–Trinajstić information content (AvgIpc) is 2.52. The lowest BCUT2D eigenvalue weighted by Gasteiger charge is -2.21. The zero-order chi connectivity index (χ0) is 21.3. The highest BCUT2D eigenvalue weighted by Crippen LogP contribution is 2.25. The van der Waals surface area contributed by atoms with E-state index in [1.807, 2.05) is 24.3 Å². The lowest BCUT2D eigenvalue weighted by molar-refractivity contribution is -0.157. The first-order valence-corrected chi connectivity index (χ1v) is 10.0. The molecule has 1 aromatic carbocycles. The zero-order valence-electron chi connectivity index (χ0n) is 16.9. The number of Topliss-reactive ketones (excluding diaryl/α,β-unsaturated/α-hetero) is 2. The van der Waals surface area contributed by atoms with Crippen LogP contribution in [0, 0.1) is 0 Å². The van der Waals surface area contributed by atoms with Crippen molar-refractivity contribution in [3.63, 3.8) is 0 Å². The van der Waals surface area contributed by atoms with E-state index >= 15 is 0 Å². The maximum absolute atomic E-state index is 12.1. The van der Waals surface area contributed by atoms with Crippen LogP contribution in [0.5, 0.6) is 0 Å². The molecule has 0 radical (unpaired) electrons. The SMILES string of the molecule is CC(=O)CC(=O)C[C@H](OCC[C@@H](O)CC(=O)OC(C)(C)C)c1ccc(Br)cc1. The molecule has 0 saturated carbocycles. The lowest BCUT2D eigenvalue weighted by atomic mass is 10.0. The van der Waals surface area contributed by atoms with E-state index in [0.29, 0.717) is 0 Å². The molecule has 0 unspecified atom stereocenters. The molecule has 0 spiro atoms. The van der Waals surface area contributed by atoms with Gasteiger partial charge in [-0.1, -0.05) is 28.1 Å². The number of carbonyl (C=O) groups excluding carboxylic acids is 3. The fourth-order valence-electron chi connectivity index (χ4n) is 2.53. The summed E-state index contributed by atoms with van der Waals surface area (Å²) in [6.45, 7) is 6.84. The summed E-state index contributed by atoms with van der Waals surface area (Å²) in [5, 5.41) is 10.0. The van der Waals surface area contributed by atoms with Crippen LogP contribution in [-0.4, -0.2) is 41.0 Å². The highest BCUT2D eigenvalue weighted by molar-refractivity contribution is 9.10. The van der Waals surface area contributed by atoms with Gasteiger partial charge in [0.05, 0.1) is 25.0 Å². The number of ether oxygens (including phenoxy) is 2. The second kappa shape index (κ2) is 11.4. The predicted molar refractivity (Wildman–Crippen MR) is 109 cm³/mol. The molecule has 1 aromatic rings. The Bertz CT molecular complexity index is 662. The molecule has 156 valence electrons. The van der Waals surface area contributed by atoms with Gasteiger partial charge in [-0.15, -0.1) is 0 Å². The van der Waals surface area contributed by atoms with Gasteiger partial charge < -0.3 is 14.6 Å². The minimum atomic E-state index is -0.895. The van der Waals surface area contributed by atoms with Gasteiger partial charge >= 0.3 is 5.97 Å². The number of aliphatic hydroxyl groups excluding tert-OH is 1. The van der Waals surface area contributed by atoms with Crippen molar-refractivity contribution in [3.05, 3.63) is 34.3 Å². The Kier molecular flexibility index (Phi) is 9.99. The Morgan fingerprint density at radius 2 is 1.71 bits per heavy atom. The molecule has 0 saturated heterocycles. The Balaban J connectivity index is 2.61. The number of ketones is 2. The fourth-order valence-corrected chi connectivity index (χ4v) is 2.80. The number of esters is 1. The Morgan fingerprint density at radius 3 is 2.25 bits per heavy atom. The van der Waals surface area contributed by atoms with Crippen molar-refractivity contribution in [2.45, 2.75) is 71.2 Å². The molecule has 6 nitrogen and oxygen atoms in total. The first-order chi connectivity index (χ1) is 13.0. The van der Waals surface area contributed by atoms with Gasteiger partial charge in [0.15, 0.2) is 0 Å². The normalized spacial score (nSPS) is 13.6. The van der Waals surface area contributed by atoms with Gasteiger partial charge in [-0.05, 0) is 51.8 Å². The van der Waals surface area contributed by atoms with Crippen LogP contribution >= 0.6 is 15.9 Å². The molecule has 0 heterocycles. The monoisotopic (exact) mass is 456 g/mol. The summed E-state index contributed by atoms with van der Waals surface area (Å²) in [4.78, 5) is 35.0. The van der Waals surface area contributed by atoms with Crippen molar-refractivity contribution in [1.29, 1.82) is 0 Å². The molecule has 0 aliphatic heterocycles. The van der Waals surface area contributed by atoms with Crippen molar-refractivity contribution in [2.24, 2.45) is 0 Å². The summed E-state index contributed by atoms with van der Waals surface area (Å²) in [5.74, 6) is -0.858.